The molecule has 0 spiro atoms. The van der Waals surface area contributed by atoms with E-state index in [1.165, 1.54) is 7.11 Å². The molecule has 2 aromatic rings. The van der Waals surface area contributed by atoms with Gasteiger partial charge in [-0.25, -0.2) is 4.79 Å². The Bertz CT molecular complexity index is 917. The summed E-state index contributed by atoms with van der Waals surface area (Å²) in [6.07, 6.45) is 1.52. The van der Waals surface area contributed by atoms with Gasteiger partial charge in [0.1, 0.15) is 0 Å². The van der Waals surface area contributed by atoms with Crippen LogP contribution in [0.3, 0.4) is 0 Å². The molecule has 1 aromatic heterocycles. The standard InChI is InChI=1S/C19H24N4O6/c1-28-14-4-3-13-16(17(14)29-2)12(11-21-13)18(26)22-7-9-23(10-8-22)19(27)20-6-5-15(24)25/h3-4,11,21H,5-10H2,1-2H3,(H,20,27)(H,24,25). The van der Waals surface area contributed by atoms with Crippen LogP contribution in [-0.4, -0.2) is 84.7 Å². The van der Waals surface area contributed by atoms with Crippen molar-refractivity contribution in [3.8, 4) is 11.5 Å². The van der Waals surface area contributed by atoms with E-state index in [0.717, 1.165) is 5.52 Å². The van der Waals surface area contributed by atoms with Crippen LogP contribution in [0.15, 0.2) is 18.3 Å². The fourth-order valence-electron chi connectivity index (χ4n) is 3.38. The fourth-order valence-corrected chi connectivity index (χ4v) is 3.38. The Morgan fingerprint density at radius 2 is 1.79 bits per heavy atom. The molecule has 0 saturated carbocycles. The van der Waals surface area contributed by atoms with Gasteiger partial charge in [-0.05, 0) is 12.1 Å². The number of aromatic nitrogens is 1. The maximum absolute atomic E-state index is 13.1. The van der Waals surface area contributed by atoms with Gasteiger partial charge in [0.25, 0.3) is 5.91 Å². The van der Waals surface area contributed by atoms with Gasteiger partial charge in [0.15, 0.2) is 11.5 Å². The number of benzene rings is 1. The molecular weight excluding hydrogens is 380 g/mol. The van der Waals surface area contributed by atoms with Gasteiger partial charge in [-0.3, -0.25) is 9.59 Å². The van der Waals surface area contributed by atoms with E-state index in [0.29, 0.717) is 48.6 Å². The highest BCUT2D eigenvalue weighted by molar-refractivity contribution is 6.09. The lowest BCUT2D eigenvalue weighted by molar-refractivity contribution is -0.136. The van der Waals surface area contributed by atoms with E-state index in [-0.39, 0.29) is 24.9 Å². The summed E-state index contributed by atoms with van der Waals surface area (Å²) in [5.41, 5.74) is 1.25. The molecule has 3 rings (SSSR count). The lowest BCUT2D eigenvalue weighted by atomic mass is 10.1. The maximum Gasteiger partial charge on any atom is 0.317 e. The van der Waals surface area contributed by atoms with Crippen molar-refractivity contribution in [1.29, 1.82) is 0 Å². The number of hydrogen-bond acceptors (Lipinski definition) is 5. The summed E-state index contributed by atoms with van der Waals surface area (Å²) in [6.45, 7) is 1.57. The van der Waals surface area contributed by atoms with E-state index in [1.807, 2.05) is 6.07 Å². The molecule has 0 aliphatic carbocycles. The van der Waals surface area contributed by atoms with Crippen LogP contribution in [0, 0.1) is 0 Å². The van der Waals surface area contributed by atoms with Crippen LogP contribution in [0.2, 0.25) is 0 Å². The third-order valence-electron chi connectivity index (χ3n) is 4.89. The Hall–Kier alpha value is -3.43. The van der Waals surface area contributed by atoms with E-state index in [1.54, 1.807) is 29.2 Å². The molecule has 1 fully saturated rings. The van der Waals surface area contributed by atoms with Gasteiger partial charge < -0.3 is 34.7 Å². The highest BCUT2D eigenvalue weighted by Gasteiger charge is 2.27. The lowest BCUT2D eigenvalue weighted by Gasteiger charge is -2.34. The molecular formula is C19H24N4O6. The minimum Gasteiger partial charge on any atom is -0.493 e. The average molecular weight is 404 g/mol. The molecule has 3 amide bonds. The first-order valence-corrected chi connectivity index (χ1v) is 9.22. The Labute approximate surface area is 167 Å². The summed E-state index contributed by atoms with van der Waals surface area (Å²) in [4.78, 5) is 42.1. The summed E-state index contributed by atoms with van der Waals surface area (Å²) in [6, 6.07) is 3.28. The van der Waals surface area contributed by atoms with Gasteiger partial charge in [0, 0.05) is 38.9 Å². The number of H-pyrrole nitrogens is 1. The van der Waals surface area contributed by atoms with Crippen LogP contribution in [0.5, 0.6) is 11.5 Å². The second-order valence-electron chi connectivity index (χ2n) is 6.58. The van der Waals surface area contributed by atoms with Crippen molar-refractivity contribution >= 4 is 28.8 Å². The predicted molar refractivity (Wildman–Crippen MR) is 105 cm³/mol. The number of urea groups is 1. The molecule has 10 nitrogen and oxygen atoms in total. The number of nitrogens with one attached hydrogen (secondary N) is 2. The average Bonchev–Trinajstić information content (AvgIpc) is 3.16. The van der Waals surface area contributed by atoms with Crippen LogP contribution >= 0.6 is 0 Å². The Morgan fingerprint density at radius 1 is 1.10 bits per heavy atom. The number of ether oxygens (including phenoxy) is 2. The second-order valence-corrected chi connectivity index (χ2v) is 6.58. The van der Waals surface area contributed by atoms with Gasteiger partial charge in [-0.15, -0.1) is 0 Å². The summed E-state index contributed by atoms with van der Waals surface area (Å²) in [5, 5.41) is 11.9. The van der Waals surface area contributed by atoms with Gasteiger partial charge in [-0.2, -0.15) is 0 Å². The van der Waals surface area contributed by atoms with Crippen LogP contribution in [-0.2, 0) is 4.79 Å². The number of carboxylic acid groups (broad SMARTS) is 1. The Kier molecular flexibility index (Phi) is 6.10. The first kappa shape index (κ1) is 20.3. The molecule has 0 unspecified atom stereocenters. The Morgan fingerprint density at radius 3 is 2.41 bits per heavy atom. The van der Waals surface area contributed by atoms with Gasteiger partial charge in [0.2, 0.25) is 0 Å². The molecule has 1 aliphatic rings. The van der Waals surface area contributed by atoms with E-state index < -0.39 is 5.97 Å². The number of aromatic amines is 1. The molecule has 1 saturated heterocycles. The lowest BCUT2D eigenvalue weighted by Crippen LogP contribution is -2.53. The molecule has 156 valence electrons. The number of hydrogen-bond donors (Lipinski definition) is 3. The molecule has 1 aromatic carbocycles. The molecule has 3 N–H and O–H groups in total. The third kappa shape index (κ3) is 4.20. The number of aliphatic carboxylic acids is 1. The van der Waals surface area contributed by atoms with Crippen molar-refractivity contribution in [2.75, 3.05) is 46.9 Å². The van der Waals surface area contributed by atoms with Crippen molar-refractivity contribution in [1.82, 2.24) is 20.1 Å². The maximum atomic E-state index is 13.1. The van der Waals surface area contributed by atoms with E-state index in [9.17, 15) is 14.4 Å². The highest BCUT2D eigenvalue weighted by Crippen LogP contribution is 2.37. The smallest absolute Gasteiger partial charge is 0.317 e. The number of nitrogens with zero attached hydrogens (tertiary/aromatic N) is 2. The first-order valence-electron chi connectivity index (χ1n) is 9.22. The molecule has 10 heteroatoms. The van der Waals surface area contributed by atoms with Crippen molar-refractivity contribution in [2.24, 2.45) is 0 Å². The number of methoxy groups -OCH3 is 2. The zero-order valence-electron chi connectivity index (χ0n) is 16.4. The van der Waals surface area contributed by atoms with Gasteiger partial charge >= 0.3 is 12.0 Å². The number of carbonyl (C=O) groups is 3. The minimum atomic E-state index is -0.966. The summed E-state index contributed by atoms with van der Waals surface area (Å²) < 4.78 is 10.8. The second kappa shape index (κ2) is 8.72. The number of carbonyl (C=O) groups excluding carboxylic acids is 2. The molecule has 0 bridgehead atoms. The zero-order valence-corrected chi connectivity index (χ0v) is 16.4. The summed E-state index contributed by atoms with van der Waals surface area (Å²) >= 11 is 0. The first-order chi connectivity index (χ1) is 14.0. The Balaban J connectivity index is 1.68. The van der Waals surface area contributed by atoms with E-state index >= 15 is 0 Å². The summed E-state index contributed by atoms with van der Waals surface area (Å²) in [7, 11) is 3.07. The molecule has 0 atom stereocenters. The monoisotopic (exact) mass is 404 g/mol. The fraction of sp³-hybridized carbons (Fsp3) is 0.421. The quantitative estimate of drug-likeness (QED) is 0.663. The van der Waals surface area contributed by atoms with Crippen LogP contribution in [0.1, 0.15) is 16.8 Å². The topological polar surface area (TPSA) is 124 Å². The number of carboxylic acids is 1. The highest BCUT2D eigenvalue weighted by atomic mass is 16.5. The SMILES string of the molecule is COc1ccc2[nH]cc(C(=O)N3CCN(C(=O)NCCC(=O)O)CC3)c2c1OC. The van der Waals surface area contributed by atoms with Crippen molar-refractivity contribution < 1.29 is 29.0 Å². The zero-order chi connectivity index (χ0) is 21.0. The normalized spacial score (nSPS) is 14.0. The van der Waals surface area contributed by atoms with E-state index in [2.05, 4.69) is 10.3 Å². The third-order valence-corrected chi connectivity index (χ3v) is 4.89. The van der Waals surface area contributed by atoms with Crippen molar-refractivity contribution in [3.63, 3.8) is 0 Å². The van der Waals surface area contributed by atoms with Crippen LogP contribution < -0.4 is 14.8 Å². The molecule has 1 aliphatic heterocycles. The minimum absolute atomic E-state index is 0.0737. The van der Waals surface area contributed by atoms with Crippen LogP contribution in [0.25, 0.3) is 10.9 Å². The van der Waals surface area contributed by atoms with Gasteiger partial charge in [0.05, 0.1) is 37.1 Å². The van der Waals surface area contributed by atoms with Crippen molar-refractivity contribution in [2.45, 2.75) is 6.42 Å². The number of rotatable bonds is 6. The van der Waals surface area contributed by atoms with Crippen molar-refractivity contribution in [3.05, 3.63) is 23.9 Å². The number of fused-ring (bicyclic) bond motifs is 1. The van der Waals surface area contributed by atoms with E-state index in [4.69, 9.17) is 14.6 Å². The predicted octanol–water partition coefficient (Wildman–Crippen LogP) is 1.13. The summed E-state index contributed by atoms with van der Waals surface area (Å²) in [5.74, 6) is -0.0946. The van der Waals surface area contributed by atoms with Crippen LogP contribution in [0.4, 0.5) is 4.79 Å². The molecule has 29 heavy (non-hydrogen) atoms. The van der Waals surface area contributed by atoms with Gasteiger partial charge in [-0.1, -0.05) is 0 Å². The largest absolute Gasteiger partial charge is 0.493 e. The number of amides is 3. The molecule has 0 radical (unpaired) electrons. The molecule has 2 heterocycles. The number of piperazine rings is 1.